The lowest BCUT2D eigenvalue weighted by Gasteiger charge is -2.02. The number of rotatable bonds is 3. The van der Waals surface area contributed by atoms with E-state index in [1.807, 2.05) is 0 Å². The largest absolute Gasteiger partial charge is 0.122 e. The van der Waals surface area contributed by atoms with Crippen molar-refractivity contribution in [1.82, 2.24) is 0 Å². The van der Waals surface area contributed by atoms with Crippen LogP contribution in [0.15, 0.2) is 11.1 Å². The van der Waals surface area contributed by atoms with Gasteiger partial charge in [-0.3, -0.25) is 0 Å². The summed E-state index contributed by atoms with van der Waals surface area (Å²) in [7, 11) is 0. The van der Waals surface area contributed by atoms with Crippen LogP contribution in [-0.4, -0.2) is 5.88 Å². The summed E-state index contributed by atoms with van der Waals surface area (Å²) in [6.07, 6.45) is 2.36. The first-order chi connectivity index (χ1) is 4.22. The maximum atomic E-state index is 5.68. The van der Waals surface area contributed by atoms with Gasteiger partial charge >= 0.3 is 0 Å². The fraction of sp³-hybridized carbons (Fsp3) is 0.750. The molecule has 0 nitrogen and oxygen atoms in total. The molecule has 9 heavy (non-hydrogen) atoms. The number of halogens is 1. The smallest absolute Gasteiger partial charge is 0.0435 e. The average Bonchev–Trinajstić information content (AvgIpc) is 1.82. The van der Waals surface area contributed by atoms with Gasteiger partial charge in [-0.2, -0.15) is 0 Å². The third-order valence-electron chi connectivity index (χ3n) is 1.42. The summed E-state index contributed by atoms with van der Waals surface area (Å²) in [6, 6.07) is 0. The zero-order valence-electron chi connectivity index (χ0n) is 6.50. The van der Waals surface area contributed by atoms with E-state index in [-0.39, 0.29) is 0 Å². The van der Waals surface area contributed by atoms with Crippen LogP contribution in [0.4, 0.5) is 0 Å². The molecule has 0 aromatic heterocycles. The van der Waals surface area contributed by atoms with Crippen LogP contribution in [0.25, 0.3) is 0 Å². The third-order valence-corrected chi connectivity index (χ3v) is 1.74. The van der Waals surface area contributed by atoms with E-state index in [1.165, 1.54) is 17.6 Å². The van der Waals surface area contributed by atoms with Gasteiger partial charge in [0.15, 0.2) is 0 Å². The number of alkyl halides is 1. The molecule has 0 fully saturated rings. The van der Waals surface area contributed by atoms with Crippen molar-refractivity contribution in [3.8, 4) is 0 Å². The Kier molecular flexibility index (Phi) is 4.88. The molecule has 1 heteroatoms. The minimum atomic E-state index is 0.705. The van der Waals surface area contributed by atoms with Crippen LogP contribution in [0.3, 0.4) is 0 Å². The fourth-order valence-corrected chi connectivity index (χ4v) is 1.15. The molecular formula is C8H15Cl. The molecule has 0 aromatic carbocycles. The summed E-state index contributed by atoms with van der Waals surface area (Å²) in [4.78, 5) is 0. The van der Waals surface area contributed by atoms with Crippen LogP contribution >= 0.6 is 11.6 Å². The van der Waals surface area contributed by atoms with Crippen molar-refractivity contribution in [3.63, 3.8) is 0 Å². The SMILES string of the molecule is CCCC(CCl)=C(C)C. The standard InChI is InChI=1S/C8H15Cl/c1-4-5-8(6-9)7(2)3/h4-6H2,1-3H3. The van der Waals surface area contributed by atoms with Crippen molar-refractivity contribution < 1.29 is 0 Å². The van der Waals surface area contributed by atoms with Gasteiger partial charge < -0.3 is 0 Å². The Hall–Kier alpha value is 0.0300. The van der Waals surface area contributed by atoms with E-state index in [4.69, 9.17) is 11.6 Å². The first kappa shape index (κ1) is 9.03. The second kappa shape index (κ2) is 4.87. The molecule has 0 aliphatic heterocycles. The minimum absolute atomic E-state index is 0.705. The van der Waals surface area contributed by atoms with Gasteiger partial charge in [-0.15, -0.1) is 11.6 Å². The summed E-state index contributed by atoms with van der Waals surface area (Å²) in [6.45, 7) is 6.41. The van der Waals surface area contributed by atoms with Crippen molar-refractivity contribution in [1.29, 1.82) is 0 Å². The van der Waals surface area contributed by atoms with Crippen molar-refractivity contribution >= 4 is 11.6 Å². The second-order valence-electron chi connectivity index (χ2n) is 2.49. The highest BCUT2D eigenvalue weighted by Gasteiger charge is 1.94. The van der Waals surface area contributed by atoms with E-state index in [0.717, 1.165) is 6.42 Å². The molecule has 0 spiro atoms. The van der Waals surface area contributed by atoms with Crippen LogP contribution < -0.4 is 0 Å². The van der Waals surface area contributed by atoms with Gasteiger partial charge in [0.1, 0.15) is 0 Å². The van der Waals surface area contributed by atoms with Crippen LogP contribution in [0.2, 0.25) is 0 Å². The molecule has 0 unspecified atom stereocenters. The van der Waals surface area contributed by atoms with Crippen molar-refractivity contribution in [2.75, 3.05) is 5.88 Å². The monoisotopic (exact) mass is 146 g/mol. The molecule has 0 aliphatic carbocycles. The summed E-state index contributed by atoms with van der Waals surface area (Å²) in [5.41, 5.74) is 2.78. The molecule has 0 saturated heterocycles. The normalized spacial score (nSPS) is 9.33. The molecule has 0 amide bonds. The Labute approximate surface area is 62.9 Å². The Morgan fingerprint density at radius 3 is 2.00 bits per heavy atom. The van der Waals surface area contributed by atoms with Crippen molar-refractivity contribution in [2.24, 2.45) is 0 Å². The lowest BCUT2D eigenvalue weighted by Crippen LogP contribution is -1.86. The number of hydrogen-bond acceptors (Lipinski definition) is 0. The van der Waals surface area contributed by atoms with Gasteiger partial charge in [0, 0.05) is 5.88 Å². The molecule has 0 heterocycles. The molecular weight excluding hydrogens is 132 g/mol. The molecule has 54 valence electrons. The van der Waals surface area contributed by atoms with E-state index >= 15 is 0 Å². The highest BCUT2D eigenvalue weighted by Crippen LogP contribution is 2.11. The summed E-state index contributed by atoms with van der Waals surface area (Å²) in [5, 5.41) is 0. The van der Waals surface area contributed by atoms with Gasteiger partial charge in [-0.1, -0.05) is 24.5 Å². The summed E-state index contributed by atoms with van der Waals surface area (Å²) in [5.74, 6) is 0.705. The molecule has 0 atom stereocenters. The van der Waals surface area contributed by atoms with E-state index in [1.54, 1.807) is 0 Å². The van der Waals surface area contributed by atoms with Gasteiger partial charge in [0.2, 0.25) is 0 Å². The van der Waals surface area contributed by atoms with E-state index in [0.29, 0.717) is 5.88 Å². The topological polar surface area (TPSA) is 0 Å². The Morgan fingerprint density at radius 2 is 1.89 bits per heavy atom. The first-order valence-corrected chi connectivity index (χ1v) is 3.97. The van der Waals surface area contributed by atoms with Crippen molar-refractivity contribution in [2.45, 2.75) is 33.6 Å². The van der Waals surface area contributed by atoms with Crippen LogP contribution in [0, 0.1) is 0 Å². The second-order valence-corrected chi connectivity index (χ2v) is 2.75. The fourth-order valence-electron chi connectivity index (χ4n) is 0.752. The third kappa shape index (κ3) is 3.58. The van der Waals surface area contributed by atoms with Gasteiger partial charge in [-0.25, -0.2) is 0 Å². The lowest BCUT2D eigenvalue weighted by atomic mass is 10.1. The molecule has 0 N–H and O–H groups in total. The van der Waals surface area contributed by atoms with Crippen LogP contribution in [-0.2, 0) is 0 Å². The highest BCUT2D eigenvalue weighted by atomic mass is 35.5. The lowest BCUT2D eigenvalue weighted by molar-refractivity contribution is 0.892. The van der Waals surface area contributed by atoms with Crippen LogP contribution in [0.5, 0.6) is 0 Å². The molecule has 0 aromatic rings. The first-order valence-electron chi connectivity index (χ1n) is 3.43. The minimum Gasteiger partial charge on any atom is -0.122 e. The molecule has 0 rings (SSSR count). The average molecular weight is 147 g/mol. The Bertz CT molecular complexity index is 99.1. The Balaban J connectivity index is 3.83. The van der Waals surface area contributed by atoms with E-state index < -0.39 is 0 Å². The summed E-state index contributed by atoms with van der Waals surface area (Å²) < 4.78 is 0. The van der Waals surface area contributed by atoms with Gasteiger partial charge in [0.25, 0.3) is 0 Å². The zero-order chi connectivity index (χ0) is 7.28. The number of hydrogen-bond donors (Lipinski definition) is 0. The highest BCUT2D eigenvalue weighted by molar-refractivity contribution is 6.19. The molecule has 0 saturated carbocycles. The molecule has 0 aliphatic rings. The zero-order valence-corrected chi connectivity index (χ0v) is 7.26. The predicted octanol–water partition coefficient (Wildman–Crippen LogP) is 3.36. The number of allylic oxidation sites excluding steroid dienone is 2. The quantitative estimate of drug-likeness (QED) is 0.423. The Morgan fingerprint density at radius 1 is 1.33 bits per heavy atom. The maximum absolute atomic E-state index is 5.68. The van der Waals surface area contributed by atoms with Crippen LogP contribution in [0.1, 0.15) is 33.6 Å². The van der Waals surface area contributed by atoms with E-state index in [2.05, 4.69) is 20.8 Å². The van der Waals surface area contributed by atoms with E-state index in [9.17, 15) is 0 Å². The predicted molar refractivity (Wildman–Crippen MR) is 44.0 cm³/mol. The van der Waals surface area contributed by atoms with Gasteiger partial charge in [0.05, 0.1) is 0 Å². The molecule has 0 radical (unpaired) electrons. The summed E-state index contributed by atoms with van der Waals surface area (Å²) >= 11 is 5.68. The van der Waals surface area contributed by atoms with Crippen molar-refractivity contribution in [3.05, 3.63) is 11.1 Å². The molecule has 0 bridgehead atoms. The maximum Gasteiger partial charge on any atom is 0.0435 e. The van der Waals surface area contributed by atoms with Gasteiger partial charge in [-0.05, 0) is 20.3 Å².